The predicted molar refractivity (Wildman–Crippen MR) is 38.8 cm³/mol. The maximum atomic E-state index is 2.17. The Hall–Kier alpha value is -0.520. The van der Waals surface area contributed by atoms with Crippen LogP contribution in [-0.2, 0) is 0 Å². The van der Waals surface area contributed by atoms with Gasteiger partial charge in [0, 0.05) is 0 Å². The normalized spacial score (nSPS) is 15.9. The molecule has 0 rings (SSSR count). The van der Waals surface area contributed by atoms with Crippen molar-refractivity contribution in [3.63, 3.8) is 0 Å². The first-order chi connectivity index (χ1) is 3.81. The summed E-state index contributed by atoms with van der Waals surface area (Å²) in [5.74, 6) is 0.602. The van der Waals surface area contributed by atoms with Crippen LogP contribution in [0.15, 0.2) is 24.3 Å². The minimum absolute atomic E-state index is 0.602. The SMILES string of the molecule is CC=CC(C)/C=C\C. The van der Waals surface area contributed by atoms with Gasteiger partial charge in [-0.05, 0) is 19.8 Å². The van der Waals surface area contributed by atoms with E-state index in [0.29, 0.717) is 5.92 Å². The number of rotatable bonds is 2. The van der Waals surface area contributed by atoms with Crippen molar-refractivity contribution in [1.29, 1.82) is 0 Å². The largest absolute Gasteiger partial charge is 0.0911 e. The van der Waals surface area contributed by atoms with E-state index in [4.69, 9.17) is 0 Å². The van der Waals surface area contributed by atoms with E-state index in [9.17, 15) is 0 Å². The highest BCUT2D eigenvalue weighted by molar-refractivity contribution is 4.95. The first kappa shape index (κ1) is 7.48. The molecule has 0 N–H and O–H groups in total. The third-order valence-corrected chi connectivity index (χ3v) is 0.992. The van der Waals surface area contributed by atoms with Gasteiger partial charge >= 0.3 is 0 Å². The first-order valence-corrected chi connectivity index (χ1v) is 3.07. The third-order valence-electron chi connectivity index (χ3n) is 0.992. The fraction of sp³-hybridized carbons (Fsp3) is 0.500. The fourth-order valence-electron chi connectivity index (χ4n) is 0.671. The minimum atomic E-state index is 0.602. The standard InChI is InChI=1S/C8H14/c1-4-6-8(3)7-5-2/h4-8H,1-3H3/b6-4-,7-5?. The van der Waals surface area contributed by atoms with Crippen LogP contribution in [0.5, 0.6) is 0 Å². The van der Waals surface area contributed by atoms with Crippen LogP contribution in [-0.4, -0.2) is 0 Å². The van der Waals surface area contributed by atoms with Gasteiger partial charge in [0.15, 0.2) is 0 Å². The molecule has 0 heteroatoms. The molecule has 0 spiro atoms. The molecule has 8 heavy (non-hydrogen) atoms. The molecule has 1 unspecified atom stereocenters. The highest BCUT2D eigenvalue weighted by atomic mass is 13.9. The Labute approximate surface area is 51.9 Å². The van der Waals surface area contributed by atoms with Crippen molar-refractivity contribution in [1.82, 2.24) is 0 Å². The molecule has 0 nitrogen and oxygen atoms in total. The second-order valence-electron chi connectivity index (χ2n) is 1.91. The fourth-order valence-corrected chi connectivity index (χ4v) is 0.671. The lowest BCUT2D eigenvalue weighted by molar-refractivity contribution is 0.935. The lowest BCUT2D eigenvalue weighted by atomic mass is 10.1. The molecule has 0 aliphatic carbocycles. The molecule has 0 aliphatic heterocycles. The summed E-state index contributed by atoms with van der Waals surface area (Å²) in [4.78, 5) is 0. The predicted octanol–water partition coefficient (Wildman–Crippen LogP) is 2.77. The Balaban J connectivity index is 3.47. The Bertz CT molecular complexity index is 76.2. The number of allylic oxidation sites excluding steroid dienone is 4. The number of hydrogen-bond donors (Lipinski definition) is 0. The Morgan fingerprint density at radius 3 is 1.62 bits per heavy atom. The highest BCUT2D eigenvalue weighted by Crippen LogP contribution is 1.97. The van der Waals surface area contributed by atoms with Gasteiger partial charge in [-0.3, -0.25) is 0 Å². The molecule has 0 radical (unpaired) electrons. The first-order valence-electron chi connectivity index (χ1n) is 3.07. The van der Waals surface area contributed by atoms with Gasteiger partial charge < -0.3 is 0 Å². The molecule has 0 saturated carbocycles. The third kappa shape index (κ3) is 3.66. The molecule has 0 aromatic rings. The Morgan fingerprint density at radius 1 is 1.00 bits per heavy atom. The molecule has 0 aromatic carbocycles. The molecule has 0 aromatic heterocycles. The Kier molecular flexibility index (Phi) is 4.33. The summed E-state index contributed by atoms with van der Waals surface area (Å²) in [6, 6.07) is 0. The molecule has 46 valence electrons. The van der Waals surface area contributed by atoms with E-state index in [2.05, 4.69) is 31.2 Å². The van der Waals surface area contributed by atoms with Gasteiger partial charge in [-0.2, -0.15) is 0 Å². The van der Waals surface area contributed by atoms with Crippen molar-refractivity contribution in [3.05, 3.63) is 24.3 Å². The quantitative estimate of drug-likeness (QED) is 0.479. The molecule has 0 saturated heterocycles. The molecular formula is C8H14. The maximum absolute atomic E-state index is 2.17. The van der Waals surface area contributed by atoms with Crippen LogP contribution in [0, 0.1) is 5.92 Å². The molecule has 0 heterocycles. The second-order valence-corrected chi connectivity index (χ2v) is 1.91. The smallest absolute Gasteiger partial charge is 0.00821 e. The van der Waals surface area contributed by atoms with Gasteiger partial charge in [0.25, 0.3) is 0 Å². The summed E-state index contributed by atoms with van der Waals surface area (Å²) in [6.45, 7) is 6.25. The van der Waals surface area contributed by atoms with Crippen LogP contribution >= 0.6 is 0 Å². The molecule has 1 atom stereocenters. The number of hydrogen-bond acceptors (Lipinski definition) is 0. The Morgan fingerprint density at radius 2 is 1.38 bits per heavy atom. The van der Waals surface area contributed by atoms with Gasteiger partial charge in [0.05, 0.1) is 0 Å². The molecule has 0 aliphatic rings. The van der Waals surface area contributed by atoms with E-state index in [1.54, 1.807) is 0 Å². The van der Waals surface area contributed by atoms with Crippen LogP contribution in [0.1, 0.15) is 20.8 Å². The molecule has 0 fully saturated rings. The van der Waals surface area contributed by atoms with Gasteiger partial charge in [-0.25, -0.2) is 0 Å². The van der Waals surface area contributed by atoms with Crippen molar-refractivity contribution in [2.75, 3.05) is 0 Å². The lowest BCUT2D eigenvalue weighted by Gasteiger charge is -1.92. The zero-order chi connectivity index (χ0) is 6.41. The lowest BCUT2D eigenvalue weighted by Crippen LogP contribution is -1.78. The topological polar surface area (TPSA) is 0 Å². The molecular weight excluding hydrogens is 96.1 g/mol. The van der Waals surface area contributed by atoms with Gasteiger partial charge in [-0.15, -0.1) is 0 Å². The van der Waals surface area contributed by atoms with Crippen molar-refractivity contribution >= 4 is 0 Å². The van der Waals surface area contributed by atoms with Crippen molar-refractivity contribution in [3.8, 4) is 0 Å². The minimum Gasteiger partial charge on any atom is -0.0911 e. The van der Waals surface area contributed by atoms with Crippen molar-refractivity contribution < 1.29 is 0 Å². The second kappa shape index (κ2) is 4.63. The van der Waals surface area contributed by atoms with Crippen LogP contribution in [0.25, 0.3) is 0 Å². The monoisotopic (exact) mass is 110 g/mol. The summed E-state index contributed by atoms with van der Waals surface area (Å²) in [6.07, 6.45) is 8.48. The zero-order valence-corrected chi connectivity index (χ0v) is 5.89. The summed E-state index contributed by atoms with van der Waals surface area (Å²) in [5, 5.41) is 0. The maximum Gasteiger partial charge on any atom is -0.00821 e. The van der Waals surface area contributed by atoms with E-state index >= 15 is 0 Å². The van der Waals surface area contributed by atoms with E-state index in [1.807, 2.05) is 13.8 Å². The highest BCUT2D eigenvalue weighted by Gasteiger charge is 1.83. The summed E-state index contributed by atoms with van der Waals surface area (Å²) in [5.41, 5.74) is 0. The summed E-state index contributed by atoms with van der Waals surface area (Å²) < 4.78 is 0. The van der Waals surface area contributed by atoms with E-state index in [0.717, 1.165) is 0 Å². The van der Waals surface area contributed by atoms with Crippen LogP contribution in [0.2, 0.25) is 0 Å². The van der Waals surface area contributed by atoms with Gasteiger partial charge in [-0.1, -0.05) is 31.2 Å². The van der Waals surface area contributed by atoms with Crippen molar-refractivity contribution in [2.45, 2.75) is 20.8 Å². The summed E-state index contributed by atoms with van der Waals surface area (Å²) in [7, 11) is 0. The van der Waals surface area contributed by atoms with E-state index in [-0.39, 0.29) is 0 Å². The van der Waals surface area contributed by atoms with E-state index in [1.165, 1.54) is 0 Å². The molecule has 0 amide bonds. The van der Waals surface area contributed by atoms with E-state index < -0.39 is 0 Å². The zero-order valence-electron chi connectivity index (χ0n) is 5.89. The van der Waals surface area contributed by atoms with Crippen LogP contribution in [0.4, 0.5) is 0 Å². The molecule has 0 bridgehead atoms. The van der Waals surface area contributed by atoms with Gasteiger partial charge in [0.1, 0.15) is 0 Å². The van der Waals surface area contributed by atoms with Crippen LogP contribution < -0.4 is 0 Å². The van der Waals surface area contributed by atoms with Gasteiger partial charge in [0.2, 0.25) is 0 Å². The van der Waals surface area contributed by atoms with Crippen LogP contribution in [0.3, 0.4) is 0 Å². The average molecular weight is 110 g/mol. The summed E-state index contributed by atoms with van der Waals surface area (Å²) >= 11 is 0. The van der Waals surface area contributed by atoms with Crippen molar-refractivity contribution in [2.24, 2.45) is 5.92 Å². The average Bonchev–Trinajstić information content (AvgIpc) is 1.68.